The van der Waals surface area contributed by atoms with E-state index in [0.717, 1.165) is 0 Å². The third-order valence-electron chi connectivity index (χ3n) is 1.48. The van der Waals surface area contributed by atoms with E-state index in [1.54, 1.807) is 12.1 Å². The number of halogens is 2. The van der Waals surface area contributed by atoms with Gasteiger partial charge in [-0.05, 0) is 18.2 Å². The molecule has 3 heteroatoms. The molecule has 64 valence electrons. The van der Waals surface area contributed by atoms with Crippen LogP contribution in [0.3, 0.4) is 0 Å². The van der Waals surface area contributed by atoms with Gasteiger partial charge < -0.3 is 4.74 Å². The Hall–Kier alpha value is -0.830. The van der Waals surface area contributed by atoms with Gasteiger partial charge in [0, 0.05) is 4.47 Å². The molecule has 0 spiro atoms. The van der Waals surface area contributed by atoms with Crippen molar-refractivity contribution in [3.63, 3.8) is 0 Å². The number of ether oxygens (including phenoxy) is 1. The second-order valence-corrected chi connectivity index (χ2v) is 3.17. The van der Waals surface area contributed by atoms with Crippen molar-refractivity contribution in [1.29, 1.82) is 0 Å². The zero-order valence-electron chi connectivity index (χ0n) is 6.60. The van der Waals surface area contributed by atoms with Crippen LogP contribution in [0.5, 0.6) is 0 Å². The van der Waals surface area contributed by atoms with Gasteiger partial charge in [-0.3, -0.25) is 0 Å². The highest BCUT2D eigenvalue weighted by atomic mass is 79.9. The molecule has 0 heterocycles. The van der Waals surface area contributed by atoms with Crippen molar-refractivity contribution in [2.75, 3.05) is 7.11 Å². The molecule has 0 aliphatic carbocycles. The van der Waals surface area contributed by atoms with Crippen LogP contribution in [0, 0.1) is 5.82 Å². The van der Waals surface area contributed by atoms with Gasteiger partial charge >= 0.3 is 0 Å². The molecule has 0 fully saturated rings. The average Bonchev–Trinajstić information content (AvgIpc) is 2.03. The van der Waals surface area contributed by atoms with Crippen molar-refractivity contribution >= 4 is 21.7 Å². The molecule has 0 N–H and O–H groups in total. The van der Waals surface area contributed by atoms with Crippen LogP contribution < -0.4 is 0 Å². The van der Waals surface area contributed by atoms with E-state index >= 15 is 0 Å². The Labute approximate surface area is 79.0 Å². The van der Waals surface area contributed by atoms with E-state index in [2.05, 4.69) is 22.5 Å². The molecule has 0 bridgehead atoms. The van der Waals surface area contributed by atoms with Crippen LogP contribution in [0.2, 0.25) is 0 Å². The SMILES string of the molecule is C=C(OC)c1ccc(Br)cc1F. The lowest BCUT2D eigenvalue weighted by Gasteiger charge is -2.05. The van der Waals surface area contributed by atoms with Crippen LogP contribution in [0.15, 0.2) is 29.3 Å². The summed E-state index contributed by atoms with van der Waals surface area (Å²) in [7, 11) is 1.46. The van der Waals surface area contributed by atoms with Crippen LogP contribution in [0.1, 0.15) is 5.56 Å². The molecule has 12 heavy (non-hydrogen) atoms. The summed E-state index contributed by atoms with van der Waals surface area (Å²) in [5.74, 6) is -0.00350. The fourth-order valence-electron chi connectivity index (χ4n) is 0.826. The molecular formula is C9H8BrFO. The van der Waals surface area contributed by atoms with E-state index in [1.165, 1.54) is 13.2 Å². The zero-order chi connectivity index (χ0) is 9.14. The standard InChI is InChI=1S/C9H8BrFO/c1-6(12-2)8-4-3-7(10)5-9(8)11/h3-5H,1H2,2H3. The summed E-state index contributed by atoms with van der Waals surface area (Å²) in [6.07, 6.45) is 0. The van der Waals surface area contributed by atoms with Gasteiger partial charge in [-0.25, -0.2) is 4.39 Å². The minimum atomic E-state index is -0.337. The average molecular weight is 231 g/mol. The number of hydrogen-bond donors (Lipinski definition) is 0. The van der Waals surface area contributed by atoms with Gasteiger partial charge in [0.1, 0.15) is 11.6 Å². The number of benzene rings is 1. The lowest BCUT2D eigenvalue weighted by Crippen LogP contribution is -1.90. The Balaban J connectivity index is 3.09. The monoisotopic (exact) mass is 230 g/mol. The predicted molar refractivity (Wildman–Crippen MR) is 50.1 cm³/mol. The third-order valence-corrected chi connectivity index (χ3v) is 1.97. The second kappa shape index (κ2) is 3.72. The number of hydrogen-bond acceptors (Lipinski definition) is 1. The molecule has 0 aromatic heterocycles. The summed E-state index contributed by atoms with van der Waals surface area (Å²) in [6.45, 7) is 3.56. The highest BCUT2D eigenvalue weighted by Crippen LogP contribution is 2.20. The van der Waals surface area contributed by atoms with Gasteiger partial charge in [-0.2, -0.15) is 0 Å². The highest BCUT2D eigenvalue weighted by molar-refractivity contribution is 9.10. The molecule has 0 unspecified atom stereocenters. The smallest absolute Gasteiger partial charge is 0.135 e. The Kier molecular flexibility index (Phi) is 2.87. The van der Waals surface area contributed by atoms with Gasteiger partial charge in [-0.1, -0.05) is 22.5 Å². The fourth-order valence-corrected chi connectivity index (χ4v) is 1.16. The third kappa shape index (κ3) is 1.85. The van der Waals surface area contributed by atoms with E-state index in [9.17, 15) is 4.39 Å². The van der Waals surface area contributed by atoms with E-state index in [0.29, 0.717) is 15.8 Å². The van der Waals surface area contributed by atoms with E-state index in [-0.39, 0.29) is 5.82 Å². The molecule has 0 aliphatic heterocycles. The Morgan fingerprint density at radius 1 is 1.58 bits per heavy atom. The Morgan fingerprint density at radius 3 is 2.75 bits per heavy atom. The summed E-state index contributed by atoms with van der Waals surface area (Å²) in [5.41, 5.74) is 0.390. The highest BCUT2D eigenvalue weighted by Gasteiger charge is 2.05. The summed E-state index contributed by atoms with van der Waals surface area (Å²) in [6, 6.07) is 4.73. The second-order valence-electron chi connectivity index (χ2n) is 2.25. The van der Waals surface area contributed by atoms with Crippen molar-refractivity contribution in [3.8, 4) is 0 Å². The first kappa shape index (κ1) is 9.26. The molecule has 1 nitrogen and oxygen atoms in total. The number of methoxy groups -OCH3 is 1. The molecule has 0 amide bonds. The van der Waals surface area contributed by atoms with E-state index in [4.69, 9.17) is 4.74 Å². The molecule has 1 aromatic carbocycles. The summed E-state index contributed by atoms with van der Waals surface area (Å²) in [4.78, 5) is 0. The maximum absolute atomic E-state index is 13.1. The molecule has 0 aliphatic rings. The van der Waals surface area contributed by atoms with Gasteiger partial charge in [0.15, 0.2) is 0 Å². The van der Waals surface area contributed by atoms with Gasteiger partial charge in [0.05, 0.1) is 12.7 Å². The Morgan fingerprint density at radius 2 is 2.25 bits per heavy atom. The van der Waals surface area contributed by atoms with Gasteiger partial charge in [-0.15, -0.1) is 0 Å². The summed E-state index contributed by atoms with van der Waals surface area (Å²) in [5, 5.41) is 0. The van der Waals surface area contributed by atoms with Crippen molar-refractivity contribution in [2.45, 2.75) is 0 Å². The first-order valence-corrected chi connectivity index (χ1v) is 4.12. The summed E-state index contributed by atoms with van der Waals surface area (Å²) < 4.78 is 18.6. The number of rotatable bonds is 2. The largest absolute Gasteiger partial charge is 0.497 e. The van der Waals surface area contributed by atoms with Crippen LogP contribution in [-0.2, 0) is 4.74 Å². The summed E-state index contributed by atoms with van der Waals surface area (Å²) >= 11 is 3.16. The lowest BCUT2D eigenvalue weighted by molar-refractivity contribution is 0.368. The van der Waals surface area contributed by atoms with E-state index in [1.807, 2.05) is 0 Å². The van der Waals surface area contributed by atoms with Crippen molar-refractivity contribution in [1.82, 2.24) is 0 Å². The first-order valence-electron chi connectivity index (χ1n) is 3.33. The van der Waals surface area contributed by atoms with Crippen molar-refractivity contribution < 1.29 is 9.13 Å². The maximum atomic E-state index is 13.1. The zero-order valence-corrected chi connectivity index (χ0v) is 8.19. The van der Waals surface area contributed by atoms with Crippen LogP contribution in [-0.4, -0.2) is 7.11 Å². The van der Waals surface area contributed by atoms with Gasteiger partial charge in [0.25, 0.3) is 0 Å². The van der Waals surface area contributed by atoms with Crippen LogP contribution >= 0.6 is 15.9 Å². The van der Waals surface area contributed by atoms with Crippen LogP contribution in [0.4, 0.5) is 4.39 Å². The Bertz CT molecular complexity index is 309. The van der Waals surface area contributed by atoms with Crippen LogP contribution in [0.25, 0.3) is 5.76 Å². The first-order chi connectivity index (χ1) is 5.65. The molecule has 1 aromatic rings. The normalized spacial score (nSPS) is 9.58. The minimum absolute atomic E-state index is 0.333. The fraction of sp³-hybridized carbons (Fsp3) is 0.111. The molecule has 0 saturated carbocycles. The molecular weight excluding hydrogens is 223 g/mol. The minimum Gasteiger partial charge on any atom is -0.497 e. The maximum Gasteiger partial charge on any atom is 0.135 e. The molecule has 1 rings (SSSR count). The van der Waals surface area contributed by atoms with Crippen molar-refractivity contribution in [3.05, 3.63) is 40.6 Å². The topological polar surface area (TPSA) is 9.23 Å². The molecule has 0 saturated heterocycles. The predicted octanol–water partition coefficient (Wildman–Crippen LogP) is 3.21. The van der Waals surface area contributed by atoms with Crippen molar-refractivity contribution in [2.24, 2.45) is 0 Å². The molecule has 0 radical (unpaired) electrons. The molecule has 0 atom stereocenters. The van der Waals surface area contributed by atoms with E-state index < -0.39 is 0 Å². The quantitative estimate of drug-likeness (QED) is 0.710. The van der Waals surface area contributed by atoms with Gasteiger partial charge in [0.2, 0.25) is 0 Å². The lowest BCUT2D eigenvalue weighted by atomic mass is 10.2.